The van der Waals surface area contributed by atoms with E-state index in [1.54, 1.807) is 7.05 Å². The van der Waals surface area contributed by atoms with E-state index >= 15 is 0 Å². The minimum atomic E-state index is -3.86. The lowest BCUT2D eigenvalue weighted by molar-refractivity contribution is -0.387. The minimum Gasteiger partial charge on any atom is -0.388 e. The summed E-state index contributed by atoms with van der Waals surface area (Å²) in [4.78, 5) is 10.1. The van der Waals surface area contributed by atoms with Gasteiger partial charge in [-0.1, -0.05) is 6.92 Å². The molecule has 1 aromatic rings. The van der Waals surface area contributed by atoms with Crippen molar-refractivity contribution in [3.63, 3.8) is 0 Å². The van der Waals surface area contributed by atoms with Gasteiger partial charge in [0.15, 0.2) is 4.90 Å². The Kier molecular flexibility index (Phi) is 3.96. The maximum atomic E-state index is 12.2. The molecule has 0 spiro atoms. The van der Waals surface area contributed by atoms with Crippen LogP contribution in [0, 0.1) is 16.0 Å². The normalized spacial score (nSPS) is 22.1. The quantitative estimate of drug-likeness (QED) is 0.636. The van der Waals surface area contributed by atoms with Crippen LogP contribution < -0.4 is 10.0 Å². The average molecular weight is 299 g/mol. The summed E-state index contributed by atoms with van der Waals surface area (Å²) in [5, 5.41) is 13.8. The van der Waals surface area contributed by atoms with Gasteiger partial charge < -0.3 is 5.32 Å². The Morgan fingerprint density at radius 3 is 2.50 bits per heavy atom. The number of nitro groups is 1. The van der Waals surface area contributed by atoms with Gasteiger partial charge in [0.2, 0.25) is 10.0 Å². The molecule has 1 aromatic carbocycles. The second kappa shape index (κ2) is 5.37. The fraction of sp³-hybridized carbons (Fsp3) is 0.500. The Morgan fingerprint density at radius 2 is 2.00 bits per heavy atom. The number of benzene rings is 1. The predicted octanol–water partition coefficient (Wildman–Crippen LogP) is 1.71. The van der Waals surface area contributed by atoms with Crippen LogP contribution in [0.1, 0.15) is 19.8 Å². The van der Waals surface area contributed by atoms with E-state index in [9.17, 15) is 18.5 Å². The van der Waals surface area contributed by atoms with Gasteiger partial charge in [-0.15, -0.1) is 0 Å². The van der Waals surface area contributed by atoms with Gasteiger partial charge in [-0.2, -0.15) is 0 Å². The highest BCUT2D eigenvalue weighted by Gasteiger charge is 2.33. The van der Waals surface area contributed by atoms with Gasteiger partial charge in [0.25, 0.3) is 5.69 Å². The number of anilines is 1. The molecule has 0 unspecified atom stereocenters. The van der Waals surface area contributed by atoms with Gasteiger partial charge in [0.1, 0.15) is 0 Å². The first-order valence-corrected chi connectivity index (χ1v) is 7.80. The summed E-state index contributed by atoms with van der Waals surface area (Å²) < 4.78 is 27.0. The van der Waals surface area contributed by atoms with Crippen molar-refractivity contribution in [2.45, 2.75) is 30.7 Å². The number of nitrogens with one attached hydrogen (secondary N) is 2. The summed E-state index contributed by atoms with van der Waals surface area (Å²) in [7, 11) is -2.25. The molecule has 8 heteroatoms. The lowest BCUT2D eigenvalue weighted by Gasteiger charge is -2.32. The van der Waals surface area contributed by atoms with E-state index in [1.807, 2.05) is 6.92 Å². The van der Waals surface area contributed by atoms with Crippen molar-refractivity contribution >= 4 is 21.4 Å². The van der Waals surface area contributed by atoms with E-state index in [0.29, 0.717) is 11.6 Å². The molecule has 1 aliphatic carbocycles. The topological polar surface area (TPSA) is 101 Å². The molecule has 1 saturated carbocycles. The van der Waals surface area contributed by atoms with E-state index in [2.05, 4.69) is 10.0 Å². The molecule has 0 aliphatic heterocycles. The molecule has 7 nitrogen and oxygen atoms in total. The number of hydrogen-bond donors (Lipinski definition) is 2. The Bertz CT molecular complexity index is 624. The van der Waals surface area contributed by atoms with E-state index in [-0.39, 0.29) is 10.9 Å². The van der Waals surface area contributed by atoms with Crippen LogP contribution in [-0.2, 0) is 10.0 Å². The van der Waals surface area contributed by atoms with Crippen LogP contribution in [0.15, 0.2) is 23.1 Å². The first-order valence-electron chi connectivity index (χ1n) is 6.32. The predicted molar refractivity (Wildman–Crippen MR) is 75.2 cm³/mol. The Hall–Kier alpha value is -1.67. The average Bonchev–Trinajstić information content (AvgIpc) is 2.35. The molecule has 1 fully saturated rings. The van der Waals surface area contributed by atoms with Crippen molar-refractivity contribution < 1.29 is 13.3 Å². The third-order valence-corrected chi connectivity index (χ3v) is 5.00. The molecule has 0 radical (unpaired) electrons. The Balaban J connectivity index is 2.33. The zero-order valence-electron chi connectivity index (χ0n) is 11.3. The van der Waals surface area contributed by atoms with E-state index in [4.69, 9.17) is 0 Å². The highest BCUT2D eigenvalue weighted by molar-refractivity contribution is 7.89. The number of nitrogens with zero attached hydrogens (tertiary/aromatic N) is 1. The highest BCUT2D eigenvalue weighted by atomic mass is 32.2. The largest absolute Gasteiger partial charge is 0.388 e. The van der Waals surface area contributed by atoms with Crippen LogP contribution in [0.2, 0.25) is 0 Å². The molecule has 2 N–H and O–H groups in total. The molecule has 0 heterocycles. The van der Waals surface area contributed by atoms with Gasteiger partial charge in [-0.25, -0.2) is 13.1 Å². The van der Waals surface area contributed by atoms with Crippen LogP contribution in [0.25, 0.3) is 0 Å². The number of nitro benzene ring substituents is 1. The SMILES string of the molecule is CNc1ccc(S(=O)(=O)NC2CC(C)C2)c([N+](=O)[O-])c1. The van der Waals surface area contributed by atoms with Crippen molar-refractivity contribution in [3.8, 4) is 0 Å². The third kappa shape index (κ3) is 2.91. The third-order valence-electron chi connectivity index (χ3n) is 3.43. The van der Waals surface area contributed by atoms with Crippen molar-refractivity contribution in [2.24, 2.45) is 5.92 Å². The first kappa shape index (κ1) is 14.7. The lowest BCUT2D eigenvalue weighted by atomic mass is 9.83. The monoisotopic (exact) mass is 299 g/mol. The van der Waals surface area contributed by atoms with Crippen LogP contribution in [0.5, 0.6) is 0 Å². The van der Waals surface area contributed by atoms with Crippen LogP contribution in [0.3, 0.4) is 0 Å². The van der Waals surface area contributed by atoms with Gasteiger partial charge in [-0.05, 0) is 30.9 Å². The standard InChI is InChI=1S/C12H17N3O4S/c1-8-5-10(6-8)14-20(18,19)12-4-3-9(13-2)7-11(12)15(16)17/h3-4,7-8,10,13-14H,5-6H2,1-2H3. The molecular formula is C12H17N3O4S. The summed E-state index contributed by atoms with van der Waals surface area (Å²) in [6, 6.07) is 3.86. The van der Waals surface area contributed by atoms with Crippen LogP contribution in [-0.4, -0.2) is 26.4 Å². The maximum absolute atomic E-state index is 12.2. The van der Waals surface area contributed by atoms with Gasteiger partial charge >= 0.3 is 0 Å². The Labute approximate surface area is 117 Å². The second-order valence-electron chi connectivity index (χ2n) is 5.08. The molecular weight excluding hydrogens is 282 g/mol. The number of sulfonamides is 1. The van der Waals surface area contributed by atoms with Crippen LogP contribution in [0.4, 0.5) is 11.4 Å². The molecule has 0 saturated heterocycles. The smallest absolute Gasteiger partial charge is 0.291 e. The summed E-state index contributed by atoms with van der Waals surface area (Å²) in [6.45, 7) is 2.04. The molecule has 0 amide bonds. The van der Waals surface area contributed by atoms with Crippen molar-refractivity contribution in [1.29, 1.82) is 0 Å². The fourth-order valence-electron chi connectivity index (χ4n) is 2.32. The molecule has 0 aromatic heterocycles. The first-order chi connectivity index (χ1) is 9.33. The minimum absolute atomic E-state index is 0.126. The molecule has 110 valence electrons. The van der Waals surface area contributed by atoms with E-state index < -0.39 is 20.6 Å². The maximum Gasteiger partial charge on any atom is 0.291 e. The molecule has 20 heavy (non-hydrogen) atoms. The summed E-state index contributed by atoms with van der Waals surface area (Å²) in [6.07, 6.45) is 1.53. The molecule has 0 atom stereocenters. The molecule has 1 aliphatic rings. The molecule has 2 rings (SSSR count). The van der Waals surface area contributed by atoms with Crippen LogP contribution >= 0.6 is 0 Å². The molecule has 0 bridgehead atoms. The zero-order chi connectivity index (χ0) is 14.9. The number of hydrogen-bond acceptors (Lipinski definition) is 5. The lowest BCUT2D eigenvalue weighted by Crippen LogP contribution is -2.43. The number of rotatable bonds is 5. The van der Waals surface area contributed by atoms with Crippen molar-refractivity contribution in [1.82, 2.24) is 4.72 Å². The second-order valence-corrected chi connectivity index (χ2v) is 6.77. The van der Waals surface area contributed by atoms with Crippen molar-refractivity contribution in [3.05, 3.63) is 28.3 Å². The summed E-state index contributed by atoms with van der Waals surface area (Å²) in [5.74, 6) is 0.490. The highest BCUT2D eigenvalue weighted by Crippen LogP contribution is 2.31. The van der Waals surface area contributed by atoms with Gasteiger partial charge in [-0.3, -0.25) is 10.1 Å². The Morgan fingerprint density at radius 1 is 1.35 bits per heavy atom. The summed E-state index contributed by atoms with van der Waals surface area (Å²) in [5.41, 5.74) is 0.0737. The van der Waals surface area contributed by atoms with E-state index in [0.717, 1.165) is 12.8 Å². The van der Waals surface area contributed by atoms with Gasteiger partial charge in [0, 0.05) is 24.8 Å². The summed E-state index contributed by atoms with van der Waals surface area (Å²) >= 11 is 0. The van der Waals surface area contributed by atoms with Gasteiger partial charge in [0.05, 0.1) is 4.92 Å². The van der Waals surface area contributed by atoms with E-state index in [1.165, 1.54) is 18.2 Å². The fourth-order valence-corrected chi connectivity index (χ4v) is 3.74. The van der Waals surface area contributed by atoms with Crippen molar-refractivity contribution in [2.75, 3.05) is 12.4 Å². The zero-order valence-corrected chi connectivity index (χ0v) is 12.1.